The van der Waals surface area contributed by atoms with Crippen LogP contribution < -0.4 is 29.5 Å². The molecule has 6 aromatic carbocycles. The first-order valence-electron chi connectivity index (χ1n) is 16.0. The predicted octanol–water partition coefficient (Wildman–Crippen LogP) is 5.24. The third-order valence-electron chi connectivity index (χ3n) is 8.74. The van der Waals surface area contributed by atoms with E-state index in [1.165, 1.54) is 0 Å². The van der Waals surface area contributed by atoms with Crippen LogP contribution in [0.25, 0.3) is 0 Å². The number of carbonyl (C=O) groups is 3. The number of para-hydroxylation sites is 3. The Kier molecular flexibility index (Phi) is 11.0. The molecule has 0 amide bonds. The summed E-state index contributed by atoms with van der Waals surface area (Å²) < 4.78 is 17.0. The summed E-state index contributed by atoms with van der Waals surface area (Å²) in [4.78, 5) is 33.1. The second-order valence-corrected chi connectivity index (χ2v) is 11.9. The van der Waals surface area contributed by atoms with Crippen molar-refractivity contribution in [3.8, 4) is 34.5 Å². The molecule has 0 fully saturated rings. The SMILES string of the molecule is O=C([O-])c1cccc2c1Cc1ccccc1O2.O=C([O-])c1cccc2c1Cc1ccccc1O2.O=C([O-])c1cccc2c1Cc1ccccc1O2.[Nd+3]. The second-order valence-electron chi connectivity index (χ2n) is 11.9. The molecule has 3 heterocycles. The number of ether oxygens (including phenoxy) is 3. The summed E-state index contributed by atoms with van der Waals surface area (Å²) in [6.45, 7) is 0. The number of rotatable bonds is 3. The summed E-state index contributed by atoms with van der Waals surface area (Å²) in [5, 5.41) is 33.1. The van der Waals surface area contributed by atoms with Crippen LogP contribution in [0.5, 0.6) is 34.5 Å². The summed E-state index contributed by atoms with van der Waals surface area (Å²) in [7, 11) is 0. The minimum atomic E-state index is -1.16. The van der Waals surface area contributed by atoms with Crippen LogP contribution in [0.1, 0.15) is 64.5 Å². The molecule has 9 rings (SSSR count). The maximum absolute atomic E-state index is 11.0. The van der Waals surface area contributed by atoms with Crippen molar-refractivity contribution in [2.45, 2.75) is 19.3 Å². The van der Waals surface area contributed by atoms with E-state index in [2.05, 4.69) is 0 Å². The molecule has 0 spiro atoms. The van der Waals surface area contributed by atoms with Crippen LogP contribution in [0.4, 0.5) is 0 Å². The molecule has 52 heavy (non-hydrogen) atoms. The van der Waals surface area contributed by atoms with Gasteiger partial charge in [-0.2, -0.15) is 0 Å². The van der Waals surface area contributed by atoms with Crippen molar-refractivity contribution >= 4 is 17.9 Å². The Labute approximate surface area is 331 Å². The number of carboxylic acid groups (broad SMARTS) is 3. The number of carbonyl (C=O) groups excluding carboxylic acids is 3. The van der Waals surface area contributed by atoms with Gasteiger partial charge in [0.25, 0.3) is 0 Å². The maximum atomic E-state index is 11.0. The Hall–Kier alpha value is -5.52. The minimum Gasteiger partial charge on any atom is -0.545 e. The first-order valence-corrected chi connectivity index (χ1v) is 16.0. The molecule has 3 aliphatic heterocycles. The van der Waals surface area contributed by atoms with Crippen LogP contribution in [0.3, 0.4) is 0 Å². The van der Waals surface area contributed by atoms with Crippen LogP contribution in [0.2, 0.25) is 0 Å². The fraction of sp³-hybridized carbons (Fsp3) is 0.0714. The van der Waals surface area contributed by atoms with E-state index in [4.69, 9.17) is 14.2 Å². The number of carboxylic acids is 3. The molecular formula is C42H27NdO9. The molecule has 9 nitrogen and oxygen atoms in total. The van der Waals surface area contributed by atoms with Gasteiger partial charge in [-0.25, -0.2) is 0 Å². The molecule has 0 aromatic heterocycles. The van der Waals surface area contributed by atoms with Crippen molar-refractivity contribution in [2.24, 2.45) is 0 Å². The predicted molar refractivity (Wildman–Crippen MR) is 180 cm³/mol. The smallest absolute Gasteiger partial charge is 0.545 e. The molecule has 6 aromatic rings. The molecule has 0 bridgehead atoms. The first-order chi connectivity index (χ1) is 24.8. The summed E-state index contributed by atoms with van der Waals surface area (Å²) in [6.07, 6.45) is 1.70. The van der Waals surface area contributed by atoms with Crippen molar-refractivity contribution in [3.63, 3.8) is 0 Å². The average Bonchev–Trinajstić information content (AvgIpc) is 3.15. The summed E-state index contributed by atoms with van der Waals surface area (Å²) in [5.74, 6) is 0.683. The molecular weight excluding hydrogens is 793 g/mol. The van der Waals surface area contributed by atoms with E-state index < -0.39 is 17.9 Å². The van der Waals surface area contributed by atoms with Gasteiger partial charge in [-0.15, -0.1) is 0 Å². The second kappa shape index (κ2) is 15.8. The molecule has 3 aliphatic rings. The Morgan fingerprint density at radius 2 is 0.615 bits per heavy atom. The average molecular weight is 820 g/mol. The molecule has 10 heteroatoms. The van der Waals surface area contributed by atoms with Crippen LogP contribution >= 0.6 is 0 Å². The number of hydrogen-bond donors (Lipinski definition) is 0. The fourth-order valence-corrected chi connectivity index (χ4v) is 6.28. The zero-order valence-corrected chi connectivity index (χ0v) is 30.6. The summed E-state index contributed by atoms with van der Waals surface area (Å²) >= 11 is 0. The Balaban J connectivity index is 0.000000133. The van der Waals surface area contributed by atoms with Gasteiger partial charge in [0.2, 0.25) is 0 Å². The van der Waals surface area contributed by atoms with Gasteiger partial charge in [-0.1, -0.05) is 91.0 Å². The van der Waals surface area contributed by atoms with E-state index in [-0.39, 0.29) is 57.5 Å². The minimum absolute atomic E-state index is 0. The van der Waals surface area contributed by atoms with Crippen molar-refractivity contribution in [2.75, 3.05) is 0 Å². The van der Waals surface area contributed by atoms with Crippen molar-refractivity contribution < 1.29 is 84.8 Å². The number of hydrogen-bond acceptors (Lipinski definition) is 9. The maximum Gasteiger partial charge on any atom is 3.00 e. The van der Waals surface area contributed by atoms with Gasteiger partial charge >= 0.3 is 40.8 Å². The standard InChI is InChI=1S/3C14H10O3.Nd/c3*15-14(16)10-5-3-7-13-11(10)8-9-4-1-2-6-12(9)17-13;/h3*1-7H,8H2,(H,15,16);/q;;;+3/p-3. The molecule has 0 aliphatic carbocycles. The Morgan fingerprint density at radius 3 is 0.885 bits per heavy atom. The molecule has 1 radical (unpaired) electrons. The van der Waals surface area contributed by atoms with Gasteiger partial charge in [0.15, 0.2) is 0 Å². The third kappa shape index (κ3) is 7.56. The quantitative estimate of drug-likeness (QED) is 0.234. The Morgan fingerprint density at radius 1 is 0.365 bits per heavy atom. The molecule has 0 saturated heterocycles. The van der Waals surface area contributed by atoms with Crippen molar-refractivity contribution in [3.05, 3.63) is 177 Å². The molecule has 0 unspecified atom stereocenters. The van der Waals surface area contributed by atoms with Crippen LogP contribution in [-0.2, 0) is 19.3 Å². The van der Waals surface area contributed by atoms with Crippen molar-refractivity contribution in [1.82, 2.24) is 0 Å². The van der Waals surface area contributed by atoms with Crippen LogP contribution in [-0.4, -0.2) is 17.9 Å². The van der Waals surface area contributed by atoms with Crippen LogP contribution in [0, 0.1) is 40.8 Å². The van der Waals surface area contributed by atoms with Gasteiger partial charge in [0.05, 0.1) is 17.9 Å². The molecule has 253 valence electrons. The molecule has 0 saturated carbocycles. The largest absolute Gasteiger partial charge is 3.00 e. The monoisotopic (exact) mass is 817 g/mol. The van der Waals surface area contributed by atoms with E-state index in [0.29, 0.717) is 53.2 Å². The van der Waals surface area contributed by atoms with E-state index >= 15 is 0 Å². The molecule has 0 N–H and O–H groups in total. The number of fused-ring (bicyclic) bond motifs is 6. The fourth-order valence-electron chi connectivity index (χ4n) is 6.28. The number of aromatic carboxylic acids is 3. The van der Waals surface area contributed by atoms with Gasteiger partial charge in [-0.05, 0) is 53.1 Å². The van der Waals surface area contributed by atoms with Crippen LogP contribution in [0.15, 0.2) is 127 Å². The zero-order chi connectivity index (χ0) is 35.5. The van der Waals surface area contributed by atoms with Gasteiger partial charge in [0, 0.05) is 52.6 Å². The van der Waals surface area contributed by atoms with E-state index in [1.54, 1.807) is 54.6 Å². The van der Waals surface area contributed by atoms with E-state index in [9.17, 15) is 29.7 Å². The third-order valence-corrected chi connectivity index (χ3v) is 8.74. The topological polar surface area (TPSA) is 148 Å². The summed E-state index contributed by atoms with van der Waals surface area (Å²) in [6, 6.07) is 37.8. The summed E-state index contributed by atoms with van der Waals surface area (Å²) in [5.41, 5.74) is 5.66. The zero-order valence-electron chi connectivity index (χ0n) is 27.4. The van der Waals surface area contributed by atoms with E-state index in [1.807, 2.05) is 72.8 Å². The number of benzene rings is 6. The van der Waals surface area contributed by atoms with Gasteiger partial charge < -0.3 is 43.9 Å². The van der Waals surface area contributed by atoms with E-state index in [0.717, 1.165) is 33.9 Å². The van der Waals surface area contributed by atoms with Gasteiger partial charge in [-0.3, -0.25) is 0 Å². The van der Waals surface area contributed by atoms with Gasteiger partial charge in [0.1, 0.15) is 34.5 Å². The molecule has 0 atom stereocenters. The van der Waals surface area contributed by atoms with Crippen molar-refractivity contribution in [1.29, 1.82) is 0 Å². The Bertz CT molecular complexity index is 2070. The normalized spacial score (nSPS) is 12.0. The first kappa shape index (κ1) is 36.3.